The Morgan fingerprint density at radius 1 is 1.00 bits per heavy atom. The van der Waals surface area contributed by atoms with E-state index in [1.165, 1.54) is 0 Å². The maximum Gasteiger partial charge on any atom is 0.114 e. The standard InChI is InChI=1S/C10H18O2.C2H4O/c1-3-5-9(11)7-8-10(12)6-4-2;1-2-3-1/h9-12H,3-6H2,1-2H3;1-2H2. The van der Waals surface area contributed by atoms with Crippen LogP contribution in [0.5, 0.6) is 0 Å². The van der Waals surface area contributed by atoms with Crippen molar-refractivity contribution < 1.29 is 14.9 Å². The zero-order valence-corrected chi connectivity index (χ0v) is 9.70. The fraction of sp³-hybridized carbons (Fsp3) is 0.833. The van der Waals surface area contributed by atoms with Crippen LogP contribution in [0, 0.1) is 11.8 Å². The molecular weight excluding hydrogens is 192 g/mol. The number of aliphatic hydroxyl groups excluding tert-OH is 2. The van der Waals surface area contributed by atoms with E-state index in [4.69, 9.17) is 0 Å². The van der Waals surface area contributed by atoms with Gasteiger partial charge in [-0.1, -0.05) is 38.5 Å². The van der Waals surface area contributed by atoms with Gasteiger partial charge in [0.2, 0.25) is 0 Å². The number of hydrogen-bond donors (Lipinski definition) is 2. The lowest BCUT2D eigenvalue weighted by atomic mass is 10.2. The minimum absolute atomic E-state index is 0.568. The lowest BCUT2D eigenvalue weighted by molar-refractivity contribution is 0.210. The van der Waals surface area contributed by atoms with Gasteiger partial charge in [-0.25, -0.2) is 0 Å². The molecule has 1 rings (SSSR count). The number of rotatable bonds is 4. The minimum Gasteiger partial charge on any atom is -0.380 e. The molecule has 0 aromatic rings. The molecule has 15 heavy (non-hydrogen) atoms. The Hall–Kier alpha value is -0.560. The summed E-state index contributed by atoms with van der Waals surface area (Å²) in [7, 11) is 0. The summed E-state index contributed by atoms with van der Waals surface area (Å²) in [6.45, 7) is 5.99. The Morgan fingerprint density at radius 2 is 1.33 bits per heavy atom. The molecule has 0 aromatic heterocycles. The second kappa shape index (κ2) is 9.97. The van der Waals surface area contributed by atoms with E-state index < -0.39 is 12.2 Å². The summed E-state index contributed by atoms with van der Waals surface area (Å²) in [5.41, 5.74) is 0. The van der Waals surface area contributed by atoms with E-state index >= 15 is 0 Å². The van der Waals surface area contributed by atoms with Crippen molar-refractivity contribution in [1.29, 1.82) is 0 Å². The summed E-state index contributed by atoms with van der Waals surface area (Å²) in [5.74, 6) is 5.25. The molecule has 88 valence electrons. The molecule has 0 bridgehead atoms. The lowest BCUT2D eigenvalue weighted by Crippen LogP contribution is -2.06. The predicted molar refractivity (Wildman–Crippen MR) is 60.4 cm³/mol. The van der Waals surface area contributed by atoms with Gasteiger partial charge in [-0.15, -0.1) is 0 Å². The average molecular weight is 214 g/mol. The van der Waals surface area contributed by atoms with E-state index in [9.17, 15) is 10.2 Å². The fourth-order valence-electron chi connectivity index (χ4n) is 0.884. The molecular formula is C12H22O3. The molecule has 2 N–H and O–H groups in total. The van der Waals surface area contributed by atoms with Gasteiger partial charge in [0.05, 0.1) is 13.2 Å². The van der Waals surface area contributed by atoms with Crippen LogP contribution in [0.25, 0.3) is 0 Å². The SMILES string of the molecule is C1CO1.CCCC(O)C#CC(O)CCC. The van der Waals surface area contributed by atoms with Crippen molar-refractivity contribution in [2.24, 2.45) is 0 Å². The molecule has 0 saturated carbocycles. The first-order valence-corrected chi connectivity index (χ1v) is 5.65. The number of aliphatic hydroxyl groups is 2. The third-order valence-electron chi connectivity index (χ3n) is 1.74. The van der Waals surface area contributed by atoms with Gasteiger partial charge < -0.3 is 14.9 Å². The minimum atomic E-state index is -0.568. The topological polar surface area (TPSA) is 53.0 Å². The molecule has 0 aliphatic carbocycles. The number of hydrogen-bond acceptors (Lipinski definition) is 3. The Balaban J connectivity index is 0.000000548. The quantitative estimate of drug-likeness (QED) is 0.548. The zero-order valence-electron chi connectivity index (χ0n) is 9.70. The molecule has 2 atom stereocenters. The Morgan fingerprint density at radius 3 is 1.53 bits per heavy atom. The van der Waals surface area contributed by atoms with Crippen LogP contribution in [-0.2, 0) is 4.74 Å². The lowest BCUT2D eigenvalue weighted by Gasteiger charge is -2.01. The zero-order chi connectivity index (χ0) is 11.5. The van der Waals surface area contributed by atoms with Crippen LogP contribution in [0.3, 0.4) is 0 Å². The molecule has 1 saturated heterocycles. The Bertz CT molecular complexity index is 172. The molecule has 3 heteroatoms. The van der Waals surface area contributed by atoms with Crippen molar-refractivity contribution in [2.45, 2.75) is 51.7 Å². The molecule has 0 radical (unpaired) electrons. The highest BCUT2D eigenvalue weighted by Crippen LogP contribution is 1.96. The van der Waals surface area contributed by atoms with E-state index in [0.717, 1.165) is 26.1 Å². The van der Waals surface area contributed by atoms with Crippen LogP contribution in [-0.4, -0.2) is 35.6 Å². The smallest absolute Gasteiger partial charge is 0.114 e. The van der Waals surface area contributed by atoms with Crippen molar-refractivity contribution in [3.63, 3.8) is 0 Å². The number of ether oxygens (including phenoxy) is 1. The van der Waals surface area contributed by atoms with Crippen molar-refractivity contribution in [2.75, 3.05) is 13.2 Å². The van der Waals surface area contributed by atoms with E-state index in [2.05, 4.69) is 16.6 Å². The highest BCUT2D eigenvalue weighted by molar-refractivity contribution is 5.08. The first kappa shape index (κ1) is 14.4. The molecule has 2 unspecified atom stereocenters. The van der Waals surface area contributed by atoms with E-state index in [1.54, 1.807) is 0 Å². The molecule has 1 heterocycles. The monoisotopic (exact) mass is 214 g/mol. The normalized spacial score (nSPS) is 16.5. The predicted octanol–water partition coefficient (Wildman–Crippen LogP) is 1.33. The van der Waals surface area contributed by atoms with E-state index in [1.807, 2.05) is 13.8 Å². The molecule has 1 aliphatic heterocycles. The third-order valence-corrected chi connectivity index (χ3v) is 1.74. The maximum atomic E-state index is 9.18. The summed E-state index contributed by atoms with van der Waals surface area (Å²) in [5, 5.41) is 18.4. The van der Waals surface area contributed by atoms with Crippen LogP contribution in [0.15, 0.2) is 0 Å². The molecule has 0 aromatic carbocycles. The van der Waals surface area contributed by atoms with Crippen molar-refractivity contribution in [3.05, 3.63) is 0 Å². The third kappa shape index (κ3) is 13.4. The average Bonchev–Trinajstić information content (AvgIpc) is 3.02. The van der Waals surface area contributed by atoms with Crippen LogP contribution in [0.4, 0.5) is 0 Å². The van der Waals surface area contributed by atoms with Gasteiger partial charge in [0.15, 0.2) is 0 Å². The first-order valence-electron chi connectivity index (χ1n) is 5.65. The van der Waals surface area contributed by atoms with Gasteiger partial charge in [0.1, 0.15) is 12.2 Å². The maximum absolute atomic E-state index is 9.18. The van der Waals surface area contributed by atoms with Crippen molar-refractivity contribution in [3.8, 4) is 11.8 Å². The number of epoxide rings is 1. The van der Waals surface area contributed by atoms with Gasteiger partial charge in [0, 0.05) is 0 Å². The molecule has 3 nitrogen and oxygen atoms in total. The van der Waals surface area contributed by atoms with E-state index in [-0.39, 0.29) is 0 Å². The Kier molecular flexibility index (Phi) is 9.60. The van der Waals surface area contributed by atoms with Gasteiger partial charge >= 0.3 is 0 Å². The summed E-state index contributed by atoms with van der Waals surface area (Å²) in [6.07, 6.45) is 2.07. The molecule has 0 spiro atoms. The summed E-state index contributed by atoms with van der Waals surface area (Å²) >= 11 is 0. The molecule has 1 fully saturated rings. The van der Waals surface area contributed by atoms with Crippen LogP contribution in [0.1, 0.15) is 39.5 Å². The largest absolute Gasteiger partial charge is 0.380 e. The van der Waals surface area contributed by atoms with Gasteiger partial charge in [-0.3, -0.25) is 0 Å². The summed E-state index contributed by atoms with van der Waals surface area (Å²) in [4.78, 5) is 0. The first-order chi connectivity index (χ1) is 7.20. The van der Waals surface area contributed by atoms with Crippen molar-refractivity contribution >= 4 is 0 Å². The van der Waals surface area contributed by atoms with Crippen LogP contribution in [0.2, 0.25) is 0 Å². The Labute approximate surface area is 92.5 Å². The summed E-state index contributed by atoms with van der Waals surface area (Å²) in [6, 6.07) is 0. The van der Waals surface area contributed by atoms with Gasteiger partial charge in [-0.05, 0) is 12.8 Å². The highest BCUT2D eigenvalue weighted by atomic mass is 16.6. The van der Waals surface area contributed by atoms with Gasteiger partial charge in [-0.2, -0.15) is 0 Å². The molecule has 0 amide bonds. The van der Waals surface area contributed by atoms with E-state index in [0.29, 0.717) is 12.8 Å². The fourth-order valence-corrected chi connectivity index (χ4v) is 0.884. The van der Waals surface area contributed by atoms with Crippen LogP contribution < -0.4 is 0 Å². The highest BCUT2D eigenvalue weighted by Gasteiger charge is 1.98. The van der Waals surface area contributed by atoms with Crippen molar-refractivity contribution in [1.82, 2.24) is 0 Å². The summed E-state index contributed by atoms with van der Waals surface area (Å²) < 4.78 is 4.50. The van der Waals surface area contributed by atoms with Gasteiger partial charge in [0.25, 0.3) is 0 Å². The molecule has 1 aliphatic rings. The second-order valence-corrected chi connectivity index (χ2v) is 3.51. The second-order valence-electron chi connectivity index (χ2n) is 3.51. The van der Waals surface area contributed by atoms with Crippen LogP contribution >= 0.6 is 0 Å².